The molecule has 0 spiro atoms. The molecule has 9 aromatic carbocycles. The van der Waals surface area contributed by atoms with Gasteiger partial charge in [0.15, 0.2) is 0 Å². The highest BCUT2D eigenvalue weighted by Gasteiger charge is 2.46. The van der Waals surface area contributed by atoms with E-state index >= 15 is 0 Å². The molecule has 0 saturated carbocycles. The molecule has 0 atom stereocenters. The normalized spacial score (nSPS) is 13.6. The van der Waals surface area contributed by atoms with Crippen LogP contribution in [0, 0.1) is 0 Å². The molecule has 0 nitrogen and oxygen atoms in total. The summed E-state index contributed by atoms with van der Waals surface area (Å²) in [4.78, 5) is 0. The molecule has 0 bridgehead atoms. The molecule has 1 aromatic heterocycles. The van der Waals surface area contributed by atoms with Gasteiger partial charge in [-0.3, -0.25) is 0 Å². The Kier molecular flexibility index (Phi) is 5.29. The van der Waals surface area contributed by atoms with E-state index in [1.165, 1.54) is 97.0 Å². The predicted octanol–water partition coefficient (Wildman–Crippen LogP) is 13.0. The van der Waals surface area contributed by atoms with E-state index in [2.05, 4.69) is 170 Å². The van der Waals surface area contributed by atoms with Crippen molar-refractivity contribution in [3.8, 4) is 22.3 Å². The van der Waals surface area contributed by atoms with Crippen LogP contribution in [0.4, 0.5) is 0 Å². The van der Waals surface area contributed by atoms with Crippen LogP contribution in [-0.2, 0) is 5.41 Å². The molecule has 11 rings (SSSR count). The van der Waals surface area contributed by atoms with Gasteiger partial charge in [-0.05, 0) is 101 Å². The van der Waals surface area contributed by atoms with Gasteiger partial charge in [-0.25, -0.2) is 0 Å². The van der Waals surface area contributed by atoms with Gasteiger partial charge in [-0.15, -0.1) is 11.3 Å². The van der Waals surface area contributed by atoms with Gasteiger partial charge < -0.3 is 0 Å². The van der Waals surface area contributed by atoms with Crippen LogP contribution in [0.15, 0.2) is 170 Å². The molecule has 10 aromatic rings. The molecule has 48 heavy (non-hydrogen) atoms. The topological polar surface area (TPSA) is 0 Å². The van der Waals surface area contributed by atoms with Crippen LogP contribution in [0.2, 0.25) is 0 Å². The third-order valence-corrected chi connectivity index (χ3v) is 12.0. The molecule has 1 heterocycles. The van der Waals surface area contributed by atoms with E-state index in [0.29, 0.717) is 0 Å². The average Bonchev–Trinajstić information content (AvgIpc) is 3.66. The summed E-state index contributed by atoms with van der Waals surface area (Å²) >= 11 is 1.91. The minimum atomic E-state index is -0.402. The average molecular weight is 625 g/mol. The van der Waals surface area contributed by atoms with Crippen LogP contribution in [0.25, 0.3) is 74.7 Å². The maximum absolute atomic E-state index is 2.53. The largest absolute Gasteiger partial charge is 0.135 e. The number of fused-ring (bicyclic) bond motifs is 6. The second kappa shape index (κ2) is 9.64. The second-order valence-corrected chi connectivity index (χ2v) is 14.3. The number of rotatable bonds is 3. The van der Waals surface area contributed by atoms with Crippen LogP contribution < -0.4 is 0 Å². The lowest BCUT2D eigenvalue weighted by molar-refractivity contribution is 0.769. The van der Waals surface area contributed by atoms with Crippen LogP contribution in [-0.4, -0.2) is 0 Å². The first-order chi connectivity index (χ1) is 23.8. The van der Waals surface area contributed by atoms with Crippen molar-refractivity contribution in [3.05, 3.63) is 192 Å². The number of hydrogen-bond acceptors (Lipinski definition) is 1. The fourth-order valence-electron chi connectivity index (χ4n) is 8.87. The van der Waals surface area contributed by atoms with E-state index < -0.39 is 5.41 Å². The summed E-state index contributed by atoms with van der Waals surface area (Å²) in [6.45, 7) is 0. The van der Waals surface area contributed by atoms with Crippen molar-refractivity contribution in [3.63, 3.8) is 0 Å². The molecular formula is C47H28S. The van der Waals surface area contributed by atoms with Gasteiger partial charge >= 0.3 is 0 Å². The highest BCUT2D eigenvalue weighted by molar-refractivity contribution is 7.25. The molecule has 0 fully saturated rings. The molecule has 0 aliphatic heterocycles. The van der Waals surface area contributed by atoms with Crippen molar-refractivity contribution in [1.29, 1.82) is 0 Å². The van der Waals surface area contributed by atoms with Crippen LogP contribution in [0.5, 0.6) is 0 Å². The lowest BCUT2D eigenvalue weighted by Gasteiger charge is -2.33. The predicted molar refractivity (Wildman–Crippen MR) is 206 cm³/mol. The van der Waals surface area contributed by atoms with Crippen LogP contribution in [0.1, 0.15) is 22.3 Å². The summed E-state index contributed by atoms with van der Waals surface area (Å²) in [6.07, 6.45) is 0. The fraction of sp³-hybridized carbons (Fsp3) is 0.0213. The van der Waals surface area contributed by atoms with Gasteiger partial charge in [0.05, 0.1) is 5.41 Å². The smallest absolute Gasteiger partial charge is 0.0713 e. The molecule has 1 aliphatic carbocycles. The van der Waals surface area contributed by atoms with Gasteiger partial charge in [-0.2, -0.15) is 0 Å². The highest BCUT2D eigenvalue weighted by atomic mass is 32.1. The third-order valence-electron chi connectivity index (χ3n) is 10.9. The highest BCUT2D eigenvalue weighted by Crippen LogP contribution is 2.57. The minimum Gasteiger partial charge on any atom is -0.135 e. The first-order valence-electron chi connectivity index (χ1n) is 16.7. The number of thiophene rings is 1. The van der Waals surface area contributed by atoms with E-state index in [-0.39, 0.29) is 0 Å². The van der Waals surface area contributed by atoms with E-state index in [4.69, 9.17) is 0 Å². The monoisotopic (exact) mass is 624 g/mol. The third kappa shape index (κ3) is 3.39. The van der Waals surface area contributed by atoms with E-state index in [1.807, 2.05) is 11.3 Å². The van der Waals surface area contributed by atoms with Crippen LogP contribution in [0.3, 0.4) is 0 Å². The molecule has 0 N–H and O–H groups in total. The Bertz CT molecular complexity index is 2820. The molecule has 0 radical (unpaired) electrons. The van der Waals surface area contributed by atoms with Gasteiger partial charge in [0.25, 0.3) is 0 Å². The molecule has 0 unspecified atom stereocenters. The van der Waals surface area contributed by atoms with E-state index in [0.717, 1.165) is 0 Å². The van der Waals surface area contributed by atoms with Crippen molar-refractivity contribution in [2.75, 3.05) is 0 Å². The quantitative estimate of drug-likeness (QED) is 0.172. The lowest BCUT2D eigenvalue weighted by atomic mass is 9.67. The summed E-state index contributed by atoms with van der Waals surface area (Å²) < 4.78 is 2.66. The minimum absolute atomic E-state index is 0.402. The Morgan fingerprint density at radius 3 is 1.77 bits per heavy atom. The standard InChI is InChI=1S/C47H28S/c1-3-12-33(13-4-1)47(34-14-5-2-6-15-34)41-17-8-7-16-36(41)38-28-44-40(27-42(38)47)39-26-32(22-25-43(39)48-44)35-23-20-31-19-18-29-10-9-11-30-21-24-37(35)46(31)45(29)30/h1-28H. The van der Waals surface area contributed by atoms with Crippen LogP contribution >= 0.6 is 11.3 Å². The molecule has 0 amide bonds. The molecule has 0 saturated heterocycles. The zero-order valence-electron chi connectivity index (χ0n) is 26.1. The molecular weight excluding hydrogens is 597 g/mol. The zero-order chi connectivity index (χ0) is 31.4. The Balaban J connectivity index is 1.20. The van der Waals surface area contributed by atoms with Crippen molar-refractivity contribution in [1.82, 2.24) is 0 Å². The van der Waals surface area contributed by atoms with Crippen molar-refractivity contribution >= 4 is 63.8 Å². The van der Waals surface area contributed by atoms with Gasteiger partial charge in [0.2, 0.25) is 0 Å². The summed E-state index contributed by atoms with van der Waals surface area (Å²) in [6, 6.07) is 63.8. The van der Waals surface area contributed by atoms with Gasteiger partial charge in [0.1, 0.15) is 0 Å². The Morgan fingerprint density at radius 2 is 1.00 bits per heavy atom. The van der Waals surface area contributed by atoms with Crippen molar-refractivity contribution < 1.29 is 0 Å². The van der Waals surface area contributed by atoms with Crippen molar-refractivity contribution in [2.45, 2.75) is 5.41 Å². The summed E-state index contributed by atoms with van der Waals surface area (Å²) in [5.41, 5.74) is 10.1. The van der Waals surface area contributed by atoms with Gasteiger partial charge in [-0.1, -0.05) is 146 Å². The maximum Gasteiger partial charge on any atom is 0.0713 e. The number of benzene rings is 9. The van der Waals surface area contributed by atoms with Gasteiger partial charge in [0, 0.05) is 20.2 Å². The molecule has 1 heteroatoms. The molecule has 1 aliphatic rings. The maximum atomic E-state index is 2.53. The van der Waals surface area contributed by atoms with Crippen molar-refractivity contribution in [2.24, 2.45) is 0 Å². The van der Waals surface area contributed by atoms with E-state index in [1.54, 1.807) is 0 Å². The zero-order valence-corrected chi connectivity index (χ0v) is 26.9. The van der Waals surface area contributed by atoms with E-state index in [9.17, 15) is 0 Å². The first-order valence-corrected chi connectivity index (χ1v) is 17.5. The fourth-order valence-corrected chi connectivity index (χ4v) is 9.97. The Hall–Kier alpha value is -5.76. The Morgan fingerprint density at radius 1 is 0.354 bits per heavy atom. The second-order valence-electron chi connectivity index (χ2n) is 13.2. The Labute approximate surface area is 282 Å². The first kappa shape index (κ1) is 26.3. The molecule has 222 valence electrons. The SMILES string of the molecule is c1ccc(C2(c3ccccc3)c3ccccc3-c3cc4sc5ccc(-c6ccc7ccc8cccc9ccc6c7c89)cc5c4cc32)cc1. The summed E-state index contributed by atoms with van der Waals surface area (Å²) in [5.74, 6) is 0. The summed E-state index contributed by atoms with van der Waals surface area (Å²) in [5, 5.41) is 10.6. The number of hydrogen-bond donors (Lipinski definition) is 0. The lowest BCUT2D eigenvalue weighted by Crippen LogP contribution is -2.28. The summed E-state index contributed by atoms with van der Waals surface area (Å²) in [7, 11) is 0.